The van der Waals surface area contributed by atoms with Gasteiger partial charge in [0.2, 0.25) is 5.96 Å². The van der Waals surface area contributed by atoms with Crippen LogP contribution in [0.4, 0.5) is 11.4 Å². The van der Waals surface area contributed by atoms with Gasteiger partial charge in [-0.2, -0.15) is 0 Å². The third kappa shape index (κ3) is 4.24. The van der Waals surface area contributed by atoms with Gasteiger partial charge in [0.25, 0.3) is 10.0 Å². The molecule has 1 aliphatic rings. The second-order valence-corrected chi connectivity index (χ2v) is 9.14. The third-order valence-corrected chi connectivity index (χ3v) is 6.50. The van der Waals surface area contributed by atoms with E-state index in [1.54, 1.807) is 37.4 Å². The summed E-state index contributed by atoms with van der Waals surface area (Å²) in [5.41, 5.74) is 1.66. The lowest BCUT2D eigenvalue weighted by Crippen LogP contribution is -2.45. The fraction of sp³-hybridized carbons (Fsp3) is 0.217. The number of nitrogens with zero attached hydrogens (tertiary/aromatic N) is 3. The Labute approximate surface area is 187 Å². The average Bonchev–Trinajstić information content (AvgIpc) is 2.77. The molecule has 2 aromatic carbocycles. The lowest BCUT2D eigenvalue weighted by molar-refractivity contribution is 0.242. The molecule has 0 fully saturated rings. The van der Waals surface area contributed by atoms with Crippen LogP contribution in [0.2, 0.25) is 0 Å². The summed E-state index contributed by atoms with van der Waals surface area (Å²) in [5, 5.41) is 3.14. The van der Waals surface area contributed by atoms with E-state index in [9.17, 15) is 8.42 Å². The first-order valence-corrected chi connectivity index (χ1v) is 11.5. The number of hydrogen-bond donors (Lipinski definition) is 1. The summed E-state index contributed by atoms with van der Waals surface area (Å²) in [5.74, 6) is 1.42. The van der Waals surface area contributed by atoms with Crippen molar-refractivity contribution in [3.63, 3.8) is 0 Å². The molecule has 166 valence electrons. The minimum Gasteiger partial charge on any atom is -0.496 e. The number of hydrogen-bond acceptors (Lipinski definition) is 6. The highest BCUT2D eigenvalue weighted by atomic mass is 32.2. The minimum absolute atomic E-state index is 0.0510. The molecule has 2 heterocycles. The number of sulfonamides is 1. The lowest BCUT2D eigenvalue weighted by atomic mass is 10.2. The number of aromatic nitrogens is 1. The van der Waals surface area contributed by atoms with Crippen molar-refractivity contribution in [1.29, 1.82) is 0 Å². The van der Waals surface area contributed by atoms with Gasteiger partial charge < -0.3 is 14.8 Å². The highest BCUT2D eigenvalue weighted by Gasteiger charge is 2.37. The fourth-order valence-electron chi connectivity index (χ4n) is 3.39. The maximum atomic E-state index is 13.6. The van der Waals surface area contributed by atoms with Crippen molar-refractivity contribution < 1.29 is 17.9 Å². The van der Waals surface area contributed by atoms with Crippen LogP contribution >= 0.6 is 0 Å². The third-order valence-electron chi connectivity index (χ3n) is 4.76. The molecule has 9 heteroatoms. The van der Waals surface area contributed by atoms with E-state index in [1.165, 1.54) is 16.7 Å². The Morgan fingerprint density at radius 2 is 1.94 bits per heavy atom. The van der Waals surface area contributed by atoms with Crippen LogP contribution in [-0.2, 0) is 16.6 Å². The first-order chi connectivity index (χ1) is 15.4. The summed E-state index contributed by atoms with van der Waals surface area (Å²) in [4.78, 5) is 8.68. The molecular formula is C23H24N4O4S. The number of ether oxygens (including phenoxy) is 2. The molecule has 0 atom stereocenters. The van der Waals surface area contributed by atoms with Crippen LogP contribution in [0.1, 0.15) is 19.4 Å². The van der Waals surface area contributed by atoms with E-state index in [-0.39, 0.29) is 23.5 Å². The Morgan fingerprint density at radius 3 is 2.72 bits per heavy atom. The molecule has 0 amide bonds. The van der Waals surface area contributed by atoms with Crippen LogP contribution in [0, 0.1) is 0 Å². The molecule has 3 aromatic rings. The number of pyridine rings is 1. The Morgan fingerprint density at radius 1 is 1.12 bits per heavy atom. The highest BCUT2D eigenvalue weighted by molar-refractivity contribution is 7.94. The van der Waals surface area contributed by atoms with Crippen LogP contribution in [0.3, 0.4) is 0 Å². The van der Waals surface area contributed by atoms with Crippen molar-refractivity contribution in [3.8, 4) is 11.5 Å². The number of aliphatic imine (C=N–C) groups is 1. The van der Waals surface area contributed by atoms with E-state index in [0.29, 0.717) is 22.9 Å². The summed E-state index contributed by atoms with van der Waals surface area (Å²) in [6, 6.07) is 16.0. The van der Waals surface area contributed by atoms with Crippen LogP contribution in [-0.4, -0.2) is 32.6 Å². The number of rotatable bonds is 6. The van der Waals surface area contributed by atoms with Gasteiger partial charge in [0.1, 0.15) is 16.4 Å². The fourth-order valence-corrected chi connectivity index (χ4v) is 4.90. The van der Waals surface area contributed by atoms with Gasteiger partial charge in [0.05, 0.1) is 31.1 Å². The standard InChI is InChI=1S/C23H24N4O4S/c1-16(2)31-19-9-6-8-18(13-19)27-23(25-14-17-7-4-5-10-21(17)30-3)26-20-11-12-24-15-22(20)32(27,28)29/h4-13,15-16H,14H2,1-3H3,(H,25,26). The highest BCUT2D eigenvalue weighted by Crippen LogP contribution is 2.34. The minimum atomic E-state index is -3.96. The molecule has 0 aliphatic carbocycles. The van der Waals surface area contributed by atoms with Crippen LogP contribution in [0.25, 0.3) is 0 Å². The maximum Gasteiger partial charge on any atom is 0.274 e. The maximum absolute atomic E-state index is 13.6. The van der Waals surface area contributed by atoms with Gasteiger partial charge in [-0.15, -0.1) is 0 Å². The predicted molar refractivity (Wildman–Crippen MR) is 124 cm³/mol. The number of para-hydroxylation sites is 1. The zero-order chi connectivity index (χ0) is 22.7. The molecular weight excluding hydrogens is 428 g/mol. The number of nitrogens with one attached hydrogen (secondary N) is 1. The molecule has 1 aliphatic heterocycles. The molecule has 32 heavy (non-hydrogen) atoms. The molecule has 0 unspecified atom stereocenters. The molecule has 4 rings (SSSR count). The van der Waals surface area contributed by atoms with Crippen LogP contribution < -0.4 is 19.1 Å². The Hall–Kier alpha value is -3.59. The summed E-state index contributed by atoms with van der Waals surface area (Å²) in [6.45, 7) is 4.04. The molecule has 1 N–H and O–H groups in total. The summed E-state index contributed by atoms with van der Waals surface area (Å²) in [6.07, 6.45) is 2.81. The van der Waals surface area contributed by atoms with E-state index < -0.39 is 10.0 Å². The molecule has 0 saturated heterocycles. The van der Waals surface area contributed by atoms with Crippen molar-refractivity contribution in [2.24, 2.45) is 4.99 Å². The SMILES string of the molecule is COc1ccccc1CN=C1Nc2ccncc2S(=O)(=O)N1c1cccc(OC(C)C)c1. The lowest BCUT2D eigenvalue weighted by Gasteiger charge is -2.31. The second kappa shape index (κ2) is 8.88. The van der Waals surface area contributed by atoms with E-state index in [4.69, 9.17) is 9.47 Å². The number of benzene rings is 2. The van der Waals surface area contributed by atoms with Crippen molar-refractivity contribution in [1.82, 2.24) is 4.98 Å². The van der Waals surface area contributed by atoms with Crippen LogP contribution in [0.5, 0.6) is 11.5 Å². The largest absolute Gasteiger partial charge is 0.496 e. The molecule has 0 saturated carbocycles. The zero-order valence-corrected chi connectivity index (χ0v) is 18.8. The monoisotopic (exact) mass is 452 g/mol. The van der Waals surface area contributed by atoms with Gasteiger partial charge in [-0.3, -0.25) is 4.98 Å². The van der Waals surface area contributed by atoms with Gasteiger partial charge in [0.15, 0.2) is 0 Å². The zero-order valence-electron chi connectivity index (χ0n) is 18.0. The average molecular weight is 453 g/mol. The van der Waals surface area contributed by atoms with Crippen LogP contribution in [0.15, 0.2) is 76.9 Å². The summed E-state index contributed by atoms with van der Waals surface area (Å²) < 4.78 is 39.5. The van der Waals surface area contributed by atoms with Gasteiger partial charge in [-0.05, 0) is 38.1 Å². The Bertz CT molecular complexity index is 1260. The van der Waals surface area contributed by atoms with Crippen molar-refractivity contribution >= 4 is 27.4 Å². The topological polar surface area (TPSA) is 93.1 Å². The first-order valence-electron chi connectivity index (χ1n) is 10.1. The van der Waals surface area contributed by atoms with Gasteiger partial charge >= 0.3 is 0 Å². The van der Waals surface area contributed by atoms with Gasteiger partial charge in [0, 0.05) is 24.0 Å². The van der Waals surface area contributed by atoms with Gasteiger partial charge in [-0.25, -0.2) is 17.7 Å². The number of fused-ring (bicyclic) bond motifs is 1. The molecule has 1 aromatic heterocycles. The number of methoxy groups -OCH3 is 1. The number of anilines is 2. The van der Waals surface area contributed by atoms with E-state index in [2.05, 4.69) is 15.3 Å². The predicted octanol–water partition coefficient (Wildman–Crippen LogP) is 4.05. The van der Waals surface area contributed by atoms with E-state index in [1.807, 2.05) is 38.1 Å². The van der Waals surface area contributed by atoms with Crippen molar-refractivity contribution in [2.45, 2.75) is 31.4 Å². The van der Waals surface area contributed by atoms with Gasteiger partial charge in [-0.1, -0.05) is 24.3 Å². The normalized spacial score (nSPS) is 15.9. The quantitative estimate of drug-likeness (QED) is 0.606. The Kier molecular flexibility index (Phi) is 6.00. The first kappa shape index (κ1) is 21.6. The molecule has 0 spiro atoms. The van der Waals surface area contributed by atoms with Crippen molar-refractivity contribution in [3.05, 3.63) is 72.6 Å². The summed E-state index contributed by atoms with van der Waals surface area (Å²) in [7, 11) is -2.37. The molecule has 8 nitrogen and oxygen atoms in total. The molecule has 0 bridgehead atoms. The van der Waals surface area contributed by atoms with E-state index >= 15 is 0 Å². The van der Waals surface area contributed by atoms with E-state index in [0.717, 1.165) is 5.56 Å². The molecule has 0 radical (unpaired) electrons. The second-order valence-electron chi connectivity index (χ2n) is 7.38. The Balaban J connectivity index is 1.81. The number of guanidine groups is 1. The smallest absolute Gasteiger partial charge is 0.274 e. The summed E-state index contributed by atoms with van der Waals surface area (Å²) >= 11 is 0. The van der Waals surface area contributed by atoms with Crippen molar-refractivity contribution in [2.75, 3.05) is 16.7 Å².